The number of nitrogens with one attached hydrogen (secondary N) is 1. The summed E-state index contributed by atoms with van der Waals surface area (Å²) in [4.78, 5) is 23.6. The molecule has 1 heterocycles. The lowest BCUT2D eigenvalue weighted by Crippen LogP contribution is -2.37. The fourth-order valence-corrected chi connectivity index (χ4v) is 2.83. The van der Waals surface area contributed by atoms with Gasteiger partial charge in [0.15, 0.2) is 0 Å². The predicted octanol–water partition coefficient (Wildman–Crippen LogP) is 2.00. The SMILES string of the molecule is CC(C)C[C@H](CNC(=O)C(N)c1cccs1)CC(=O)O. The van der Waals surface area contributed by atoms with Gasteiger partial charge in [0.05, 0.1) is 0 Å². The van der Waals surface area contributed by atoms with E-state index in [0.29, 0.717) is 12.5 Å². The molecule has 0 aliphatic carbocycles. The van der Waals surface area contributed by atoms with Gasteiger partial charge in [-0.1, -0.05) is 19.9 Å². The number of carbonyl (C=O) groups excluding carboxylic acids is 1. The smallest absolute Gasteiger partial charge is 0.303 e. The highest BCUT2D eigenvalue weighted by Gasteiger charge is 2.20. The predicted molar refractivity (Wildman–Crippen MR) is 79.5 cm³/mol. The van der Waals surface area contributed by atoms with Crippen LogP contribution in [0.5, 0.6) is 0 Å². The van der Waals surface area contributed by atoms with Crippen LogP contribution in [0.2, 0.25) is 0 Å². The normalized spacial score (nSPS) is 14.0. The lowest BCUT2D eigenvalue weighted by Gasteiger charge is -2.19. The molecule has 4 N–H and O–H groups in total. The molecule has 1 aromatic rings. The molecule has 6 heteroatoms. The molecule has 0 radical (unpaired) electrons. The molecule has 0 saturated carbocycles. The molecule has 0 aliphatic rings. The minimum absolute atomic E-state index is 0.0622. The highest BCUT2D eigenvalue weighted by molar-refractivity contribution is 7.10. The number of rotatable bonds is 8. The Morgan fingerprint density at radius 3 is 2.65 bits per heavy atom. The van der Waals surface area contributed by atoms with Gasteiger partial charge in [0.25, 0.3) is 0 Å². The Kier molecular flexibility index (Phi) is 6.67. The maximum absolute atomic E-state index is 11.9. The van der Waals surface area contributed by atoms with E-state index < -0.39 is 12.0 Å². The van der Waals surface area contributed by atoms with E-state index in [4.69, 9.17) is 10.8 Å². The van der Waals surface area contributed by atoms with Crippen molar-refractivity contribution in [1.29, 1.82) is 0 Å². The van der Waals surface area contributed by atoms with Crippen LogP contribution in [0, 0.1) is 11.8 Å². The molecule has 0 bridgehead atoms. The van der Waals surface area contributed by atoms with E-state index in [1.165, 1.54) is 11.3 Å². The van der Waals surface area contributed by atoms with Crippen LogP contribution in [0.4, 0.5) is 0 Å². The van der Waals surface area contributed by atoms with Gasteiger partial charge in [0, 0.05) is 17.8 Å². The quantitative estimate of drug-likeness (QED) is 0.684. The van der Waals surface area contributed by atoms with Gasteiger partial charge >= 0.3 is 5.97 Å². The molecular weight excluding hydrogens is 276 g/mol. The van der Waals surface area contributed by atoms with Gasteiger partial charge in [-0.2, -0.15) is 0 Å². The molecule has 1 unspecified atom stereocenters. The molecule has 0 saturated heterocycles. The number of thiophene rings is 1. The number of nitrogens with two attached hydrogens (primary N) is 1. The fourth-order valence-electron chi connectivity index (χ4n) is 2.10. The molecule has 5 nitrogen and oxygen atoms in total. The van der Waals surface area contributed by atoms with Crippen molar-refractivity contribution in [1.82, 2.24) is 5.32 Å². The van der Waals surface area contributed by atoms with Crippen molar-refractivity contribution in [3.8, 4) is 0 Å². The van der Waals surface area contributed by atoms with Crippen LogP contribution in [-0.4, -0.2) is 23.5 Å². The van der Waals surface area contributed by atoms with Gasteiger partial charge in [0.1, 0.15) is 6.04 Å². The first-order valence-electron chi connectivity index (χ1n) is 6.68. The first-order valence-corrected chi connectivity index (χ1v) is 7.56. The molecule has 0 spiro atoms. The Labute approximate surface area is 123 Å². The highest BCUT2D eigenvalue weighted by atomic mass is 32.1. The Morgan fingerprint density at radius 2 is 2.15 bits per heavy atom. The zero-order valence-electron chi connectivity index (χ0n) is 11.8. The summed E-state index contributed by atoms with van der Waals surface area (Å²) in [5, 5.41) is 13.5. The van der Waals surface area contributed by atoms with E-state index in [1.807, 2.05) is 31.4 Å². The monoisotopic (exact) mass is 298 g/mol. The van der Waals surface area contributed by atoms with Crippen molar-refractivity contribution in [3.63, 3.8) is 0 Å². The Balaban J connectivity index is 2.49. The van der Waals surface area contributed by atoms with Gasteiger partial charge < -0.3 is 16.2 Å². The molecule has 112 valence electrons. The number of carboxylic acids is 1. The van der Waals surface area contributed by atoms with E-state index >= 15 is 0 Å². The molecule has 1 aromatic heterocycles. The maximum atomic E-state index is 11.9. The van der Waals surface area contributed by atoms with Crippen molar-refractivity contribution < 1.29 is 14.7 Å². The van der Waals surface area contributed by atoms with E-state index in [-0.39, 0.29) is 18.2 Å². The number of hydrogen-bond acceptors (Lipinski definition) is 4. The second kappa shape index (κ2) is 8.01. The Morgan fingerprint density at radius 1 is 1.45 bits per heavy atom. The zero-order valence-corrected chi connectivity index (χ0v) is 12.7. The Bertz CT molecular complexity index is 432. The summed E-state index contributed by atoms with van der Waals surface area (Å²) in [6.45, 7) is 4.42. The molecule has 1 amide bonds. The van der Waals surface area contributed by atoms with Crippen molar-refractivity contribution in [3.05, 3.63) is 22.4 Å². The lowest BCUT2D eigenvalue weighted by atomic mass is 9.94. The van der Waals surface area contributed by atoms with Gasteiger partial charge in [-0.15, -0.1) is 11.3 Å². The van der Waals surface area contributed by atoms with E-state index in [9.17, 15) is 9.59 Å². The van der Waals surface area contributed by atoms with E-state index in [1.54, 1.807) is 0 Å². The largest absolute Gasteiger partial charge is 0.481 e. The maximum Gasteiger partial charge on any atom is 0.303 e. The summed E-state index contributed by atoms with van der Waals surface area (Å²) in [5.74, 6) is -0.770. The Hall–Kier alpha value is -1.40. The molecule has 20 heavy (non-hydrogen) atoms. The molecule has 0 aliphatic heterocycles. The molecular formula is C14H22N2O3S. The van der Waals surface area contributed by atoms with Gasteiger partial charge in [-0.3, -0.25) is 9.59 Å². The third-order valence-electron chi connectivity index (χ3n) is 2.97. The van der Waals surface area contributed by atoms with Crippen LogP contribution in [-0.2, 0) is 9.59 Å². The number of carboxylic acid groups (broad SMARTS) is 1. The van der Waals surface area contributed by atoms with E-state index in [0.717, 1.165) is 11.3 Å². The van der Waals surface area contributed by atoms with Gasteiger partial charge in [0.2, 0.25) is 5.91 Å². The second-order valence-electron chi connectivity index (χ2n) is 5.33. The third-order valence-corrected chi connectivity index (χ3v) is 3.92. The fraction of sp³-hybridized carbons (Fsp3) is 0.571. The standard InChI is InChI=1S/C14H22N2O3S/c1-9(2)6-10(7-12(17)18)8-16-14(19)13(15)11-4-3-5-20-11/h3-5,9-10,13H,6-8,15H2,1-2H3,(H,16,19)(H,17,18)/t10-,13?/m0/s1. The van der Waals surface area contributed by atoms with E-state index in [2.05, 4.69) is 5.32 Å². The van der Waals surface area contributed by atoms with Crippen LogP contribution in [0.3, 0.4) is 0 Å². The molecule has 2 atom stereocenters. The number of carbonyl (C=O) groups is 2. The summed E-state index contributed by atoms with van der Waals surface area (Å²) < 4.78 is 0. The summed E-state index contributed by atoms with van der Waals surface area (Å²) in [6, 6.07) is 2.98. The van der Waals surface area contributed by atoms with Crippen molar-refractivity contribution in [2.24, 2.45) is 17.6 Å². The van der Waals surface area contributed by atoms with Gasteiger partial charge in [-0.25, -0.2) is 0 Å². The highest BCUT2D eigenvalue weighted by Crippen LogP contribution is 2.18. The average Bonchev–Trinajstić information content (AvgIpc) is 2.87. The summed E-state index contributed by atoms with van der Waals surface area (Å²) in [6.07, 6.45) is 0.827. The van der Waals surface area contributed by atoms with Gasteiger partial charge in [-0.05, 0) is 29.7 Å². The molecule has 0 fully saturated rings. The lowest BCUT2D eigenvalue weighted by molar-refractivity contribution is -0.138. The summed E-state index contributed by atoms with van der Waals surface area (Å²) in [7, 11) is 0. The average molecular weight is 298 g/mol. The first-order chi connectivity index (χ1) is 9.40. The number of aliphatic carboxylic acids is 1. The van der Waals surface area contributed by atoms with Crippen LogP contribution in [0.15, 0.2) is 17.5 Å². The van der Waals surface area contributed by atoms with Crippen molar-refractivity contribution in [2.75, 3.05) is 6.54 Å². The van der Waals surface area contributed by atoms with Crippen LogP contribution in [0.25, 0.3) is 0 Å². The zero-order chi connectivity index (χ0) is 15.1. The minimum Gasteiger partial charge on any atom is -0.481 e. The van der Waals surface area contributed by atoms with Crippen LogP contribution in [0.1, 0.15) is 37.6 Å². The summed E-state index contributed by atoms with van der Waals surface area (Å²) in [5.41, 5.74) is 5.85. The second-order valence-corrected chi connectivity index (χ2v) is 6.31. The van der Waals surface area contributed by atoms with Crippen LogP contribution < -0.4 is 11.1 Å². The number of hydrogen-bond donors (Lipinski definition) is 3. The molecule has 1 rings (SSSR count). The molecule has 0 aromatic carbocycles. The van der Waals surface area contributed by atoms with Crippen molar-refractivity contribution >= 4 is 23.2 Å². The third kappa shape index (κ3) is 5.71. The van der Waals surface area contributed by atoms with Crippen molar-refractivity contribution in [2.45, 2.75) is 32.7 Å². The number of amides is 1. The minimum atomic E-state index is -0.840. The first kappa shape index (κ1) is 16.7. The summed E-state index contributed by atoms with van der Waals surface area (Å²) >= 11 is 1.43. The van der Waals surface area contributed by atoms with Crippen LogP contribution >= 0.6 is 11.3 Å². The topological polar surface area (TPSA) is 92.4 Å².